The number of halogens is 1. The van der Waals surface area contributed by atoms with Crippen LogP contribution in [0.3, 0.4) is 0 Å². The highest BCUT2D eigenvalue weighted by molar-refractivity contribution is 6.31. The fraction of sp³-hybridized carbons (Fsp3) is 0.538. The summed E-state index contributed by atoms with van der Waals surface area (Å²) >= 11 is 6.26. The second kappa shape index (κ2) is 6.12. The lowest BCUT2D eigenvalue weighted by atomic mass is 9.92. The van der Waals surface area contributed by atoms with Gasteiger partial charge in [-0.05, 0) is 30.7 Å². The van der Waals surface area contributed by atoms with E-state index in [0.717, 1.165) is 22.8 Å². The smallest absolute Gasteiger partial charge is 0.120 e. The molecule has 0 aliphatic carbocycles. The van der Waals surface area contributed by atoms with E-state index in [1.165, 1.54) is 0 Å². The Labute approximate surface area is 103 Å². The Morgan fingerprint density at radius 2 is 2.12 bits per heavy atom. The van der Waals surface area contributed by atoms with E-state index in [4.69, 9.17) is 16.3 Å². The van der Waals surface area contributed by atoms with Crippen LogP contribution in [-0.4, -0.2) is 14.2 Å². The first kappa shape index (κ1) is 13.3. The summed E-state index contributed by atoms with van der Waals surface area (Å²) < 4.78 is 5.15. The molecule has 0 aromatic heterocycles. The average molecular weight is 242 g/mol. The van der Waals surface area contributed by atoms with E-state index in [2.05, 4.69) is 19.2 Å². The summed E-state index contributed by atoms with van der Waals surface area (Å²) in [5, 5.41) is 4.09. The monoisotopic (exact) mass is 241 g/mol. The molecule has 0 aliphatic rings. The van der Waals surface area contributed by atoms with Crippen LogP contribution in [-0.2, 0) is 0 Å². The number of ether oxygens (including phenoxy) is 1. The van der Waals surface area contributed by atoms with Crippen LogP contribution in [0, 0.1) is 5.92 Å². The van der Waals surface area contributed by atoms with Gasteiger partial charge in [-0.2, -0.15) is 0 Å². The third-order valence-corrected chi connectivity index (χ3v) is 3.39. The number of benzene rings is 1. The van der Waals surface area contributed by atoms with Gasteiger partial charge >= 0.3 is 0 Å². The van der Waals surface area contributed by atoms with Crippen LogP contribution in [0.15, 0.2) is 18.2 Å². The molecule has 0 bridgehead atoms. The topological polar surface area (TPSA) is 21.3 Å². The van der Waals surface area contributed by atoms with Crippen LogP contribution in [0.5, 0.6) is 5.75 Å². The maximum Gasteiger partial charge on any atom is 0.120 e. The van der Waals surface area contributed by atoms with Crippen molar-refractivity contribution in [3.63, 3.8) is 0 Å². The number of methoxy groups -OCH3 is 1. The Bertz CT molecular complexity index is 341. The van der Waals surface area contributed by atoms with Gasteiger partial charge in [-0.1, -0.05) is 37.9 Å². The van der Waals surface area contributed by atoms with E-state index >= 15 is 0 Å². The van der Waals surface area contributed by atoms with E-state index in [9.17, 15) is 0 Å². The standard InChI is InChI=1S/C13H20ClNO/c1-5-9(2)13(15-3)11-7-6-10(16-4)8-12(11)14/h6-9,13,15H,5H2,1-4H3. The Kier molecular flexibility index (Phi) is 5.10. The Morgan fingerprint density at radius 3 is 2.56 bits per heavy atom. The highest BCUT2D eigenvalue weighted by Gasteiger charge is 2.18. The Hall–Kier alpha value is -0.730. The Balaban J connectivity index is 3.01. The first-order chi connectivity index (χ1) is 7.63. The quantitative estimate of drug-likeness (QED) is 0.850. The molecule has 0 saturated heterocycles. The normalized spacial score (nSPS) is 14.6. The molecule has 2 atom stereocenters. The van der Waals surface area contributed by atoms with E-state index < -0.39 is 0 Å². The lowest BCUT2D eigenvalue weighted by molar-refractivity contribution is 0.397. The van der Waals surface area contributed by atoms with E-state index in [1.807, 2.05) is 25.2 Å². The van der Waals surface area contributed by atoms with Crippen LogP contribution in [0.1, 0.15) is 31.9 Å². The highest BCUT2D eigenvalue weighted by atomic mass is 35.5. The van der Waals surface area contributed by atoms with Crippen molar-refractivity contribution >= 4 is 11.6 Å². The van der Waals surface area contributed by atoms with Crippen LogP contribution < -0.4 is 10.1 Å². The molecular weight excluding hydrogens is 222 g/mol. The van der Waals surface area contributed by atoms with Crippen molar-refractivity contribution in [2.75, 3.05) is 14.2 Å². The van der Waals surface area contributed by atoms with Crippen molar-refractivity contribution in [2.45, 2.75) is 26.3 Å². The predicted octanol–water partition coefficient (Wildman–Crippen LogP) is 3.66. The summed E-state index contributed by atoms with van der Waals surface area (Å²) in [6, 6.07) is 6.15. The zero-order valence-electron chi connectivity index (χ0n) is 10.4. The molecule has 2 unspecified atom stereocenters. The zero-order valence-corrected chi connectivity index (χ0v) is 11.1. The molecule has 0 amide bonds. The average Bonchev–Trinajstić information content (AvgIpc) is 2.31. The fourth-order valence-electron chi connectivity index (χ4n) is 1.87. The van der Waals surface area contributed by atoms with Crippen molar-refractivity contribution in [2.24, 2.45) is 5.92 Å². The molecule has 1 rings (SSSR count). The van der Waals surface area contributed by atoms with Crippen LogP contribution in [0.25, 0.3) is 0 Å². The lowest BCUT2D eigenvalue weighted by Gasteiger charge is -2.24. The molecule has 0 radical (unpaired) electrons. The molecule has 0 spiro atoms. The van der Waals surface area contributed by atoms with E-state index in [-0.39, 0.29) is 0 Å². The number of nitrogens with one attached hydrogen (secondary N) is 1. The SMILES string of the molecule is CCC(C)C(NC)c1ccc(OC)cc1Cl. The van der Waals surface area contributed by atoms with Gasteiger partial charge in [-0.15, -0.1) is 0 Å². The fourth-order valence-corrected chi connectivity index (χ4v) is 2.16. The molecule has 0 heterocycles. The minimum atomic E-state index is 0.295. The third kappa shape index (κ3) is 2.89. The first-order valence-electron chi connectivity index (χ1n) is 5.64. The molecular formula is C13H20ClNO. The molecule has 0 fully saturated rings. The van der Waals surface area contributed by atoms with Crippen LogP contribution in [0.2, 0.25) is 5.02 Å². The summed E-state index contributed by atoms with van der Waals surface area (Å²) in [6.07, 6.45) is 1.12. The molecule has 16 heavy (non-hydrogen) atoms. The number of rotatable bonds is 5. The van der Waals surface area contributed by atoms with Crippen LogP contribution in [0.4, 0.5) is 0 Å². The van der Waals surface area contributed by atoms with Crippen molar-refractivity contribution < 1.29 is 4.74 Å². The maximum absolute atomic E-state index is 6.26. The molecule has 1 aromatic rings. The summed E-state index contributed by atoms with van der Waals surface area (Å²) in [4.78, 5) is 0. The summed E-state index contributed by atoms with van der Waals surface area (Å²) in [7, 11) is 3.62. The van der Waals surface area contributed by atoms with Gasteiger partial charge in [0.1, 0.15) is 5.75 Å². The second-order valence-electron chi connectivity index (χ2n) is 4.04. The van der Waals surface area contributed by atoms with Crippen molar-refractivity contribution in [3.8, 4) is 5.75 Å². The van der Waals surface area contributed by atoms with Crippen molar-refractivity contribution in [1.29, 1.82) is 0 Å². The largest absolute Gasteiger partial charge is 0.497 e. The summed E-state index contributed by atoms with van der Waals surface area (Å²) in [5.74, 6) is 1.35. The molecule has 90 valence electrons. The van der Waals surface area contributed by atoms with E-state index in [0.29, 0.717) is 12.0 Å². The number of hydrogen-bond acceptors (Lipinski definition) is 2. The van der Waals surface area contributed by atoms with Gasteiger partial charge in [0.25, 0.3) is 0 Å². The molecule has 1 aromatic carbocycles. The molecule has 3 heteroatoms. The van der Waals surface area contributed by atoms with Crippen molar-refractivity contribution in [3.05, 3.63) is 28.8 Å². The van der Waals surface area contributed by atoms with Gasteiger partial charge in [-0.25, -0.2) is 0 Å². The second-order valence-corrected chi connectivity index (χ2v) is 4.45. The lowest BCUT2D eigenvalue weighted by Crippen LogP contribution is -2.23. The first-order valence-corrected chi connectivity index (χ1v) is 6.02. The van der Waals surface area contributed by atoms with Crippen LogP contribution >= 0.6 is 11.6 Å². The number of hydrogen-bond donors (Lipinski definition) is 1. The highest BCUT2D eigenvalue weighted by Crippen LogP contribution is 2.32. The van der Waals surface area contributed by atoms with Gasteiger partial charge in [0, 0.05) is 11.1 Å². The molecule has 1 N–H and O–H groups in total. The molecule has 0 saturated carbocycles. The summed E-state index contributed by atoms with van der Waals surface area (Å²) in [6.45, 7) is 4.41. The predicted molar refractivity (Wildman–Crippen MR) is 69.3 cm³/mol. The third-order valence-electron chi connectivity index (χ3n) is 3.07. The molecule has 2 nitrogen and oxygen atoms in total. The van der Waals surface area contributed by atoms with Gasteiger partial charge < -0.3 is 10.1 Å². The van der Waals surface area contributed by atoms with E-state index in [1.54, 1.807) is 7.11 Å². The van der Waals surface area contributed by atoms with Gasteiger partial charge in [0.05, 0.1) is 7.11 Å². The maximum atomic E-state index is 6.26. The van der Waals surface area contributed by atoms with Gasteiger partial charge in [0.2, 0.25) is 0 Å². The zero-order chi connectivity index (χ0) is 12.1. The van der Waals surface area contributed by atoms with Crippen molar-refractivity contribution in [1.82, 2.24) is 5.32 Å². The summed E-state index contributed by atoms with van der Waals surface area (Å²) in [5.41, 5.74) is 1.14. The molecule has 0 aliphatic heterocycles. The Morgan fingerprint density at radius 1 is 1.44 bits per heavy atom. The minimum Gasteiger partial charge on any atom is -0.497 e. The minimum absolute atomic E-state index is 0.295. The van der Waals surface area contributed by atoms with Gasteiger partial charge in [0.15, 0.2) is 0 Å². The van der Waals surface area contributed by atoms with Gasteiger partial charge in [-0.3, -0.25) is 0 Å².